The van der Waals surface area contributed by atoms with Crippen LogP contribution in [0.2, 0.25) is 0 Å². The van der Waals surface area contributed by atoms with Crippen LogP contribution in [0.25, 0.3) is 0 Å². The minimum Gasteiger partial charge on any atom is -0.445 e. The Morgan fingerprint density at radius 3 is 2.88 bits per heavy atom. The van der Waals surface area contributed by atoms with Crippen LogP contribution in [0.15, 0.2) is 34.9 Å². The molecule has 0 radical (unpaired) electrons. The molecule has 5 heteroatoms. The largest absolute Gasteiger partial charge is 0.445 e. The van der Waals surface area contributed by atoms with Gasteiger partial charge in [-0.2, -0.15) is 0 Å². The fraction of sp³-hybridized carbons (Fsp3) is 0.526. The number of hydrogen-bond donors (Lipinski definition) is 1. The molecule has 2 atom stereocenters. The second kappa shape index (κ2) is 7.47. The Hall–Kier alpha value is -1.69. The maximum atomic E-state index is 10.5. The number of aryl methyl sites for hydroxylation is 2. The summed E-state index contributed by atoms with van der Waals surface area (Å²) in [4.78, 5) is 8.93. The lowest BCUT2D eigenvalue weighted by Gasteiger charge is -2.25. The molecule has 2 aromatic rings. The minimum atomic E-state index is -0.426. The number of benzene rings is 1. The number of nitrogens with zero attached hydrogens (tertiary/aromatic N) is 3. The number of β-amino-alcohol motifs (C(OH)–C–C–N with tert-alkyl or cyclic N) is 1. The van der Waals surface area contributed by atoms with Crippen molar-refractivity contribution < 1.29 is 9.52 Å². The van der Waals surface area contributed by atoms with Crippen molar-refractivity contribution >= 4 is 0 Å². The topological polar surface area (TPSA) is 52.7 Å². The fourth-order valence-corrected chi connectivity index (χ4v) is 3.46. The van der Waals surface area contributed by atoms with E-state index >= 15 is 0 Å². The summed E-state index contributed by atoms with van der Waals surface area (Å²) in [5.41, 5.74) is 2.18. The zero-order chi connectivity index (χ0) is 17.1. The van der Waals surface area contributed by atoms with Gasteiger partial charge in [-0.05, 0) is 45.0 Å². The SMILES string of the molecule is Cc1cnc(CN(C)C2CCN(CC(O)c3ccccc3C)C2)o1. The third kappa shape index (κ3) is 4.04. The highest BCUT2D eigenvalue weighted by atomic mass is 16.4. The molecule has 1 N–H and O–H groups in total. The summed E-state index contributed by atoms with van der Waals surface area (Å²) in [5.74, 6) is 1.63. The average Bonchev–Trinajstić information content (AvgIpc) is 3.17. The Balaban J connectivity index is 1.52. The van der Waals surface area contributed by atoms with Crippen molar-refractivity contribution in [2.24, 2.45) is 0 Å². The van der Waals surface area contributed by atoms with E-state index in [0.29, 0.717) is 12.6 Å². The van der Waals surface area contributed by atoms with Gasteiger partial charge >= 0.3 is 0 Å². The minimum absolute atomic E-state index is 0.426. The first kappa shape index (κ1) is 17.1. The normalized spacial score (nSPS) is 20.0. The van der Waals surface area contributed by atoms with E-state index < -0.39 is 6.10 Å². The van der Waals surface area contributed by atoms with Crippen LogP contribution >= 0.6 is 0 Å². The molecule has 24 heavy (non-hydrogen) atoms. The van der Waals surface area contributed by atoms with Gasteiger partial charge in [0, 0.05) is 19.1 Å². The maximum Gasteiger partial charge on any atom is 0.208 e. The number of hydrogen-bond acceptors (Lipinski definition) is 5. The van der Waals surface area contributed by atoms with E-state index in [1.807, 2.05) is 25.1 Å². The Morgan fingerprint density at radius 2 is 2.17 bits per heavy atom. The first-order valence-electron chi connectivity index (χ1n) is 8.60. The molecule has 1 saturated heterocycles. The molecule has 1 aliphatic heterocycles. The zero-order valence-electron chi connectivity index (χ0n) is 14.8. The van der Waals surface area contributed by atoms with Crippen LogP contribution in [0, 0.1) is 13.8 Å². The molecule has 1 aliphatic rings. The summed E-state index contributed by atoms with van der Waals surface area (Å²) < 4.78 is 5.57. The van der Waals surface area contributed by atoms with E-state index in [1.54, 1.807) is 6.20 Å². The maximum absolute atomic E-state index is 10.5. The molecule has 0 spiro atoms. The number of aliphatic hydroxyl groups is 1. The summed E-state index contributed by atoms with van der Waals surface area (Å²) in [6, 6.07) is 8.55. The standard InChI is InChI=1S/C19H27N3O2/c1-14-6-4-5-7-17(14)18(23)12-22-9-8-16(11-22)21(3)13-19-20-10-15(2)24-19/h4-7,10,16,18,23H,8-9,11-13H2,1-3H3. The quantitative estimate of drug-likeness (QED) is 0.882. The highest BCUT2D eigenvalue weighted by Gasteiger charge is 2.28. The van der Waals surface area contributed by atoms with Gasteiger partial charge in [0.05, 0.1) is 18.8 Å². The Labute approximate surface area is 143 Å². The van der Waals surface area contributed by atoms with Gasteiger partial charge in [-0.3, -0.25) is 9.80 Å². The van der Waals surface area contributed by atoms with Gasteiger partial charge in [-0.25, -0.2) is 4.98 Å². The van der Waals surface area contributed by atoms with Gasteiger partial charge in [-0.15, -0.1) is 0 Å². The molecule has 2 heterocycles. The van der Waals surface area contributed by atoms with E-state index in [9.17, 15) is 5.11 Å². The number of aromatic nitrogens is 1. The zero-order valence-corrected chi connectivity index (χ0v) is 14.8. The van der Waals surface area contributed by atoms with Crippen molar-refractivity contribution in [2.45, 2.75) is 39.0 Å². The Bertz CT molecular complexity index is 670. The predicted octanol–water partition coefficient (Wildman–Crippen LogP) is 2.53. The van der Waals surface area contributed by atoms with Gasteiger partial charge < -0.3 is 9.52 Å². The molecule has 3 rings (SSSR count). The smallest absolute Gasteiger partial charge is 0.208 e. The molecule has 1 aromatic carbocycles. The first-order valence-corrected chi connectivity index (χ1v) is 8.60. The molecule has 1 fully saturated rings. The predicted molar refractivity (Wildman–Crippen MR) is 93.7 cm³/mol. The summed E-state index contributed by atoms with van der Waals surface area (Å²) in [7, 11) is 2.12. The van der Waals surface area contributed by atoms with Crippen LogP contribution in [0.5, 0.6) is 0 Å². The molecule has 1 aromatic heterocycles. The van der Waals surface area contributed by atoms with Crippen LogP contribution in [0.1, 0.15) is 35.3 Å². The first-order chi connectivity index (χ1) is 11.5. The lowest BCUT2D eigenvalue weighted by Crippen LogP contribution is -2.35. The second-order valence-electron chi connectivity index (χ2n) is 6.85. The second-order valence-corrected chi connectivity index (χ2v) is 6.85. The summed E-state index contributed by atoms with van der Waals surface area (Å²) in [6.45, 7) is 7.37. The molecule has 0 amide bonds. The van der Waals surface area contributed by atoms with E-state index in [2.05, 4.69) is 34.8 Å². The highest BCUT2D eigenvalue weighted by molar-refractivity contribution is 5.27. The molecule has 2 unspecified atom stereocenters. The van der Waals surface area contributed by atoms with Crippen LogP contribution in [-0.4, -0.2) is 52.6 Å². The van der Waals surface area contributed by atoms with Crippen molar-refractivity contribution in [3.8, 4) is 0 Å². The third-order valence-corrected chi connectivity index (χ3v) is 4.90. The van der Waals surface area contributed by atoms with Crippen LogP contribution in [0.3, 0.4) is 0 Å². The lowest BCUT2D eigenvalue weighted by atomic mass is 10.0. The van der Waals surface area contributed by atoms with Crippen molar-refractivity contribution in [1.82, 2.24) is 14.8 Å². The van der Waals surface area contributed by atoms with Gasteiger partial charge in [0.25, 0.3) is 0 Å². The molecule has 0 bridgehead atoms. The van der Waals surface area contributed by atoms with Gasteiger partial charge in [0.15, 0.2) is 0 Å². The number of oxazole rings is 1. The van der Waals surface area contributed by atoms with Crippen LogP contribution in [-0.2, 0) is 6.54 Å². The average molecular weight is 329 g/mol. The van der Waals surface area contributed by atoms with E-state index in [0.717, 1.165) is 48.8 Å². The van der Waals surface area contributed by atoms with Crippen LogP contribution < -0.4 is 0 Å². The monoisotopic (exact) mass is 329 g/mol. The van der Waals surface area contributed by atoms with Crippen molar-refractivity contribution in [3.63, 3.8) is 0 Å². The fourth-order valence-electron chi connectivity index (χ4n) is 3.46. The van der Waals surface area contributed by atoms with Crippen LogP contribution in [0.4, 0.5) is 0 Å². The van der Waals surface area contributed by atoms with Gasteiger partial charge in [0.2, 0.25) is 5.89 Å². The van der Waals surface area contributed by atoms with E-state index in [4.69, 9.17) is 4.42 Å². The molecular formula is C19H27N3O2. The summed E-state index contributed by atoms with van der Waals surface area (Å²) in [5, 5.41) is 10.5. The third-order valence-electron chi connectivity index (χ3n) is 4.90. The number of rotatable bonds is 6. The molecule has 0 saturated carbocycles. The van der Waals surface area contributed by atoms with Gasteiger partial charge in [-0.1, -0.05) is 24.3 Å². The highest BCUT2D eigenvalue weighted by Crippen LogP contribution is 2.22. The van der Waals surface area contributed by atoms with Crippen molar-refractivity contribution in [2.75, 3.05) is 26.7 Å². The van der Waals surface area contributed by atoms with Gasteiger partial charge in [0.1, 0.15) is 5.76 Å². The van der Waals surface area contributed by atoms with Crippen molar-refractivity contribution in [1.29, 1.82) is 0 Å². The molecule has 0 aliphatic carbocycles. The molecular weight excluding hydrogens is 302 g/mol. The summed E-state index contributed by atoms with van der Waals surface area (Å²) in [6.07, 6.45) is 2.45. The van der Waals surface area contributed by atoms with E-state index in [1.165, 1.54) is 0 Å². The Kier molecular flexibility index (Phi) is 5.33. The van der Waals surface area contributed by atoms with Crippen molar-refractivity contribution in [3.05, 3.63) is 53.2 Å². The number of likely N-dealkylation sites (N-methyl/N-ethyl adjacent to an activating group) is 1. The number of likely N-dealkylation sites (tertiary alicyclic amines) is 1. The Morgan fingerprint density at radius 1 is 1.38 bits per heavy atom. The molecule has 5 nitrogen and oxygen atoms in total. The van der Waals surface area contributed by atoms with E-state index in [-0.39, 0.29) is 0 Å². The number of aliphatic hydroxyl groups excluding tert-OH is 1. The summed E-state index contributed by atoms with van der Waals surface area (Å²) >= 11 is 0. The molecule has 130 valence electrons. The lowest BCUT2D eigenvalue weighted by molar-refractivity contribution is 0.119.